The molecule has 0 amide bonds. The van der Waals surface area contributed by atoms with Crippen molar-refractivity contribution >= 4 is 33.3 Å². The first-order chi connectivity index (χ1) is 7.61. The molecule has 0 aliphatic carbocycles. The van der Waals surface area contributed by atoms with Crippen LogP contribution in [0.1, 0.15) is 16.1 Å². The van der Waals surface area contributed by atoms with E-state index in [4.69, 9.17) is 11.6 Å². The van der Waals surface area contributed by atoms with Crippen LogP contribution in [0.4, 0.5) is 0 Å². The second-order valence-corrected chi connectivity index (χ2v) is 4.54. The Morgan fingerprint density at radius 1 is 1.44 bits per heavy atom. The van der Waals surface area contributed by atoms with Gasteiger partial charge in [-0.15, -0.1) is 0 Å². The SMILES string of the molecule is Cn1ncc(Cl)c1C(=O)c1ccccc1Br. The van der Waals surface area contributed by atoms with Crippen LogP contribution >= 0.6 is 27.5 Å². The van der Waals surface area contributed by atoms with Gasteiger partial charge in [0.2, 0.25) is 5.78 Å². The quantitative estimate of drug-likeness (QED) is 0.799. The summed E-state index contributed by atoms with van der Waals surface area (Å²) < 4.78 is 2.22. The molecule has 0 fully saturated rings. The van der Waals surface area contributed by atoms with Gasteiger partial charge in [-0.3, -0.25) is 9.48 Å². The molecular formula is C11H8BrClN2O. The van der Waals surface area contributed by atoms with Gasteiger partial charge >= 0.3 is 0 Å². The minimum absolute atomic E-state index is 0.141. The average molecular weight is 300 g/mol. The Balaban J connectivity index is 2.52. The first kappa shape index (κ1) is 11.4. The summed E-state index contributed by atoms with van der Waals surface area (Å²) in [6.07, 6.45) is 1.46. The fourth-order valence-corrected chi connectivity index (χ4v) is 2.16. The number of halogens is 2. The molecule has 0 saturated carbocycles. The highest BCUT2D eigenvalue weighted by atomic mass is 79.9. The summed E-state index contributed by atoms with van der Waals surface area (Å²) in [5.74, 6) is -0.141. The molecule has 1 aromatic carbocycles. The zero-order chi connectivity index (χ0) is 11.7. The van der Waals surface area contributed by atoms with Gasteiger partial charge in [-0.1, -0.05) is 39.7 Å². The van der Waals surface area contributed by atoms with Crippen LogP contribution in [0, 0.1) is 0 Å². The van der Waals surface area contributed by atoms with Crippen molar-refractivity contribution in [2.45, 2.75) is 0 Å². The number of carbonyl (C=O) groups excluding carboxylic acids is 1. The fraction of sp³-hybridized carbons (Fsp3) is 0.0909. The number of aromatic nitrogens is 2. The highest BCUT2D eigenvalue weighted by Gasteiger charge is 2.19. The molecule has 0 spiro atoms. The molecule has 2 rings (SSSR count). The highest BCUT2D eigenvalue weighted by molar-refractivity contribution is 9.10. The summed E-state index contributed by atoms with van der Waals surface area (Å²) in [4.78, 5) is 12.2. The van der Waals surface area contributed by atoms with Gasteiger partial charge < -0.3 is 0 Å². The third-order valence-corrected chi connectivity index (χ3v) is 3.20. The maximum Gasteiger partial charge on any atom is 0.213 e. The molecule has 0 radical (unpaired) electrons. The van der Waals surface area contributed by atoms with Gasteiger partial charge in [0, 0.05) is 17.1 Å². The molecule has 1 aromatic heterocycles. The van der Waals surface area contributed by atoms with Gasteiger partial charge in [0.1, 0.15) is 5.69 Å². The van der Waals surface area contributed by atoms with Crippen molar-refractivity contribution in [1.82, 2.24) is 9.78 Å². The molecule has 2 aromatic rings. The third kappa shape index (κ3) is 1.90. The van der Waals surface area contributed by atoms with Gasteiger partial charge in [-0.05, 0) is 12.1 Å². The van der Waals surface area contributed by atoms with Gasteiger partial charge in [0.25, 0.3) is 0 Å². The van der Waals surface area contributed by atoms with Crippen LogP contribution in [-0.2, 0) is 7.05 Å². The third-order valence-electron chi connectivity index (χ3n) is 2.23. The predicted octanol–water partition coefficient (Wildman–Crippen LogP) is 3.07. The lowest BCUT2D eigenvalue weighted by atomic mass is 10.1. The van der Waals surface area contributed by atoms with E-state index in [0.29, 0.717) is 16.3 Å². The monoisotopic (exact) mass is 298 g/mol. The molecule has 5 heteroatoms. The molecule has 82 valence electrons. The molecular weight excluding hydrogens is 291 g/mol. The maximum absolute atomic E-state index is 12.2. The summed E-state index contributed by atoms with van der Waals surface area (Å²) in [6.45, 7) is 0. The summed E-state index contributed by atoms with van der Waals surface area (Å²) in [5, 5.41) is 4.31. The lowest BCUT2D eigenvalue weighted by molar-refractivity contribution is 0.102. The van der Waals surface area contributed by atoms with E-state index in [0.717, 1.165) is 4.47 Å². The van der Waals surface area contributed by atoms with Crippen molar-refractivity contribution in [3.8, 4) is 0 Å². The van der Waals surface area contributed by atoms with Crippen LogP contribution < -0.4 is 0 Å². The van der Waals surface area contributed by atoms with Crippen molar-refractivity contribution < 1.29 is 4.79 Å². The molecule has 16 heavy (non-hydrogen) atoms. The van der Waals surface area contributed by atoms with Crippen molar-refractivity contribution in [3.63, 3.8) is 0 Å². The molecule has 1 heterocycles. The molecule has 0 unspecified atom stereocenters. The van der Waals surface area contributed by atoms with Crippen LogP contribution in [0.5, 0.6) is 0 Å². The lowest BCUT2D eigenvalue weighted by Gasteiger charge is -2.04. The Hall–Kier alpha value is -1.13. The van der Waals surface area contributed by atoms with E-state index in [1.54, 1.807) is 13.1 Å². The van der Waals surface area contributed by atoms with Crippen LogP contribution in [0.3, 0.4) is 0 Å². The minimum atomic E-state index is -0.141. The number of carbonyl (C=O) groups is 1. The van der Waals surface area contributed by atoms with E-state index in [-0.39, 0.29) is 5.78 Å². The van der Waals surface area contributed by atoms with Crippen LogP contribution in [0.25, 0.3) is 0 Å². The standard InChI is InChI=1S/C11H8BrClN2O/c1-15-10(9(13)6-14-15)11(16)7-4-2-3-5-8(7)12/h2-6H,1H3. The summed E-state index contributed by atoms with van der Waals surface area (Å²) in [7, 11) is 1.69. The minimum Gasteiger partial charge on any atom is -0.287 e. The molecule has 0 saturated heterocycles. The van der Waals surface area contributed by atoms with Gasteiger partial charge in [0.15, 0.2) is 0 Å². The van der Waals surface area contributed by atoms with E-state index < -0.39 is 0 Å². The van der Waals surface area contributed by atoms with Crippen molar-refractivity contribution in [2.75, 3.05) is 0 Å². The Morgan fingerprint density at radius 2 is 2.12 bits per heavy atom. The summed E-state index contributed by atoms with van der Waals surface area (Å²) in [5.41, 5.74) is 0.974. The molecule has 0 bridgehead atoms. The first-order valence-electron chi connectivity index (χ1n) is 4.58. The van der Waals surface area contributed by atoms with Gasteiger partial charge in [-0.25, -0.2) is 0 Å². The zero-order valence-electron chi connectivity index (χ0n) is 8.45. The van der Waals surface area contributed by atoms with E-state index >= 15 is 0 Å². The number of ketones is 1. The Bertz CT molecular complexity index is 531. The van der Waals surface area contributed by atoms with Crippen molar-refractivity contribution in [2.24, 2.45) is 7.05 Å². The molecule has 0 aliphatic rings. The number of hydrogen-bond donors (Lipinski definition) is 0. The topological polar surface area (TPSA) is 34.9 Å². The van der Waals surface area contributed by atoms with Crippen molar-refractivity contribution in [1.29, 1.82) is 0 Å². The van der Waals surface area contributed by atoms with Gasteiger partial charge in [0.05, 0.1) is 11.2 Å². The van der Waals surface area contributed by atoms with Crippen LogP contribution in [-0.4, -0.2) is 15.6 Å². The predicted molar refractivity (Wildman–Crippen MR) is 65.8 cm³/mol. The Labute approximate surface area is 106 Å². The average Bonchev–Trinajstić information content (AvgIpc) is 2.58. The number of hydrogen-bond acceptors (Lipinski definition) is 2. The number of nitrogens with zero attached hydrogens (tertiary/aromatic N) is 2. The van der Waals surface area contributed by atoms with Crippen molar-refractivity contribution in [3.05, 3.63) is 51.2 Å². The number of aryl methyl sites for hydroxylation is 1. The lowest BCUT2D eigenvalue weighted by Crippen LogP contribution is -2.09. The van der Waals surface area contributed by atoms with E-state index in [1.165, 1.54) is 10.9 Å². The molecule has 0 atom stereocenters. The Kier molecular flexibility index (Phi) is 3.12. The Morgan fingerprint density at radius 3 is 2.69 bits per heavy atom. The normalized spacial score (nSPS) is 10.4. The first-order valence-corrected chi connectivity index (χ1v) is 5.75. The number of rotatable bonds is 2. The van der Waals surface area contributed by atoms with Gasteiger partial charge in [-0.2, -0.15) is 5.10 Å². The zero-order valence-corrected chi connectivity index (χ0v) is 10.8. The second kappa shape index (κ2) is 4.39. The number of benzene rings is 1. The fourth-order valence-electron chi connectivity index (χ4n) is 1.44. The maximum atomic E-state index is 12.2. The van der Waals surface area contributed by atoms with E-state index in [9.17, 15) is 4.79 Å². The van der Waals surface area contributed by atoms with Crippen LogP contribution in [0.2, 0.25) is 5.02 Å². The summed E-state index contributed by atoms with van der Waals surface area (Å²) in [6, 6.07) is 7.22. The summed E-state index contributed by atoms with van der Waals surface area (Å²) >= 11 is 9.26. The van der Waals surface area contributed by atoms with E-state index in [1.807, 2.05) is 18.2 Å². The highest BCUT2D eigenvalue weighted by Crippen LogP contribution is 2.23. The van der Waals surface area contributed by atoms with E-state index in [2.05, 4.69) is 21.0 Å². The van der Waals surface area contributed by atoms with Crippen LogP contribution in [0.15, 0.2) is 34.9 Å². The molecule has 3 nitrogen and oxygen atoms in total. The second-order valence-electron chi connectivity index (χ2n) is 3.27. The molecule has 0 N–H and O–H groups in total. The smallest absolute Gasteiger partial charge is 0.213 e. The largest absolute Gasteiger partial charge is 0.287 e. The molecule has 0 aliphatic heterocycles.